The summed E-state index contributed by atoms with van der Waals surface area (Å²) in [6.07, 6.45) is 3.24. The molecule has 0 amide bonds. The normalized spacial score (nSPS) is 12.4. The third-order valence-corrected chi connectivity index (χ3v) is 32.8. The lowest BCUT2D eigenvalue weighted by Crippen LogP contribution is -2.32. The Morgan fingerprint density at radius 3 is 1.01 bits per heavy atom. The monoisotopic (exact) mass is 2080 g/mol. The zero-order valence-corrected chi connectivity index (χ0v) is 88.8. The van der Waals surface area contributed by atoms with Crippen molar-refractivity contribution in [2.45, 2.75) is 125 Å². The molecule has 0 aliphatic rings. The minimum Gasteiger partial charge on any atom is -0.483 e. The highest BCUT2D eigenvalue weighted by molar-refractivity contribution is 7.91. The molecule has 754 valence electrons. The van der Waals surface area contributed by atoms with Crippen LogP contribution in [0.15, 0.2) is 201 Å². The summed E-state index contributed by atoms with van der Waals surface area (Å²) in [7, 11) is -5.47. The van der Waals surface area contributed by atoms with E-state index in [2.05, 4.69) is 73.2 Å². The van der Waals surface area contributed by atoms with E-state index in [1.54, 1.807) is 106 Å². The number of methoxy groups -OCH3 is 2. The number of nitrogens with zero attached hydrogens (tertiary/aromatic N) is 12. The average Bonchev–Trinajstić information content (AvgIpc) is 1.64. The Balaban J connectivity index is 0.000000195. The molecule has 13 rings (SSSR count). The summed E-state index contributed by atoms with van der Waals surface area (Å²) < 4.78 is 186. The lowest BCUT2D eigenvalue weighted by molar-refractivity contribution is 0.255. The van der Waals surface area contributed by atoms with Crippen LogP contribution in [0.1, 0.15) is 112 Å². The summed E-state index contributed by atoms with van der Waals surface area (Å²) in [6.45, 7) is 36.5. The first kappa shape index (κ1) is 111. The zero-order chi connectivity index (χ0) is 104. The maximum Gasteiger partial charge on any atom is 0.301 e. The molecule has 0 radical (unpaired) electrons. The lowest BCUT2D eigenvalue weighted by Gasteiger charge is -2.17. The number of anilines is 8. The van der Waals surface area contributed by atoms with E-state index in [0.29, 0.717) is 97.1 Å². The van der Waals surface area contributed by atoms with Gasteiger partial charge in [-0.3, -0.25) is 18.9 Å². The largest absolute Gasteiger partial charge is 0.483 e. The van der Waals surface area contributed by atoms with Gasteiger partial charge >= 0.3 is 40.8 Å². The number of nitrogen functional groups attached to an aromatic ring is 2. The van der Waals surface area contributed by atoms with Crippen LogP contribution < -0.4 is 51.6 Å². The van der Waals surface area contributed by atoms with Gasteiger partial charge in [0.1, 0.15) is 5.01 Å². The Labute approximate surface area is 839 Å². The van der Waals surface area contributed by atoms with Crippen molar-refractivity contribution in [1.29, 1.82) is 0 Å². The van der Waals surface area contributed by atoms with Crippen LogP contribution in [0.3, 0.4) is 0 Å². The van der Waals surface area contributed by atoms with Gasteiger partial charge in [-0.15, -0.1) is 45.3 Å². The van der Waals surface area contributed by atoms with Crippen LogP contribution in [-0.2, 0) is 66.6 Å². The van der Waals surface area contributed by atoms with Crippen LogP contribution in [0.2, 0.25) is 0 Å². The molecule has 6 heterocycles. The van der Waals surface area contributed by atoms with Crippen LogP contribution in [0.4, 0.5) is 63.6 Å². The molecule has 141 heavy (non-hydrogen) atoms. The first-order valence-electron chi connectivity index (χ1n) is 44.3. The van der Waals surface area contributed by atoms with E-state index in [1.165, 1.54) is 119 Å². The van der Waals surface area contributed by atoms with Crippen LogP contribution in [-0.4, -0.2) is 185 Å². The van der Waals surface area contributed by atoms with E-state index in [4.69, 9.17) is 40.9 Å². The van der Waals surface area contributed by atoms with E-state index in [9.17, 15) is 33.7 Å². The predicted octanol–water partition coefficient (Wildman–Crippen LogP) is 19.8. The molecule has 0 aliphatic heterocycles. The fourth-order valence-electron chi connectivity index (χ4n) is 12.7. The number of nitrogens with two attached hydrogens (primary N) is 2. The van der Waals surface area contributed by atoms with Crippen molar-refractivity contribution in [1.82, 2.24) is 67.7 Å². The molecule has 13 aromatic rings. The van der Waals surface area contributed by atoms with E-state index < -0.39 is 64.1 Å². The zero-order valence-electron chi connectivity index (χ0n) is 82.2. The number of ether oxygens (including phenoxy) is 2. The Hall–Kier alpha value is -12.3. The highest BCUT2D eigenvalue weighted by Crippen LogP contribution is 2.48. The summed E-state index contributed by atoms with van der Waals surface area (Å²) in [6, 6.07) is 46.0. The number of nitrogens with one attached hydrogen (secondary N) is 8. The van der Waals surface area contributed by atoms with Crippen molar-refractivity contribution in [2.75, 3.05) is 123 Å². The molecule has 0 saturated carbocycles. The summed E-state index contributed by atoms with van der Waals surface area (Å²) in [5, 5.41) is 15.7. The maximum atomic E-state index is 15.9. The molecule has 0 aliphatic carbocycles. The molecular formula is C97H120F4N22O10S8. The Morgan fingerprint density at radius 1 is 0.397 bits per heavy atom. The molecule has 0 saturated heterocycles. The van der Waals surface area contributed by atoms with Gasteiger partial charge in [0.05, 0.1) is 106 Å². The molecule has 6 aromatic heterocycles. The van der Waals surface area contributed by atoms with Crippen molar-refractivity contribution >= 4 is 132 Å². The number of rotatable bonds is 36. The molecule has 0 bridgehead atoms. The van der Waals surface area contributed by atoms with Crippen molar-refractivity contribution in [3.8, 4) is 97.6 Å². The van der Waals surface area contributed by atoms with Crippen LogP contribution >= 0.6 is 45.3 Å². The lowest BCUT2D eigenvalue weighted by atomic mass is 9.98. The molecule has 12 N–H and O–H groups in total. The Bertz CT molecular complexity index is 7080. The quantitative estimate of drug-likeness (QED) is 0.00990. The van der Waals surface area contributed by atoms with Gasteiger partial charge in [-0.25, -0.2) is 57.4 Å². The number of aromatic nitrogens is 8. The van der Waals surface area contributed by atoms with Gasteiger partial charge in [0.15, 0.2) is 35.0 Å². The average molecular weight is 2090 g/mol. The minimum atomic E-state index is -3.94. The number of thiazole rings is 4. The van der Waals surface area contributed by atoms with Gasteiger partial charge in [-0.1, -0.05) is 162 Å². The maximum absolute atomic E-state index is 15.9. The highest BCUT2D eigenvalue weighted by atomic mass is 32.2. The van der Waals surface area contributed by atoms with Gasteiger partial charge < -0.3 is 42.2 Å². The fourth-order valence-corrected chi connectivity index (χ4v) is 20.6. The van der Waals surface area contributed by atoms with Gasteiger partial charge in [0.25, 0.3) is 0 Å². The SMILES string of the molecule is C=C(N[C@@H](C)CNc1nccc(-c2sc(-c3ccccc3)nc2-c2cccc(NS(=O)(=O)N(C)CC)c2F)n1)OC.C=C(N[C@@H](C)CNc1nccc(-c2sc(C(C)(C)C)nc2-c2cccc(NS(=O)(=O)N(C)CC)c2F)n1)OC.CCN(C)S(=O)(=O)Nc1cccc(-c2nc(C(C)(C)C)sc2-c2cccc(N)c2)c1F.CN(C)S(=O)(=O)Nc1cccc(-c2nc(C(C)(C)C)sc2-c2cccc(N)c2)c1F. The van der Waals surface area contributed by atoms with E-state index in [-0.39, 0.29) is 93.0 Å². The molecule has 2 atom stereocenters. The van der Waals surface area contributed by atoms with E-state index in [1.807, 2.05) is 143 Å². The smallest absolute Gasteiger partial charge is 0.301 e. The number of hydrogen-bond donors (Lipinski definition) is 10. The van der Waals surface area contributed by atoms with Crippen molar-refractivity contribution in [3.63, 3.8) is 0 Å². The first-order chi connectivity index (χ1) is 66.2. The minimum absolute atomic E-state index is 0.0106. The molecular weight excluding hydrogens is 1970 g/mol. The Morgan fingerprint density at radius 2 is 0.695 bits per heavy atom. The summed E-state index contributed by atoms with van der Waals surface area (Å²) in [5.74, 6) is -1.14. The van der Waals surface area contributed by atoms with E-state index in [0.717, 1.165) is 58.7 Å². The second-order valence-electron chi connectivity index (χ2n) is 35.4. The molecule has 0 fully saturated rings. The van der Waals surface area contributed by atoms with Crippen molar-refractivity contribution in [3.05, 3.63) is 239 Å². The number of halogens is 4. The van der Waals surface area contributed by atoms with Gasteiger partial charge in [0, 0.05) is 148 Å². The van der Waals surface area contributed by atoms with Gasteiger partial charge in [0.2, 0.25) is 11.9 Å². The van der Waals surface area contributed by atoms with Gasteiger partial charge in [-0.05, 0) is 123 Å². The number of benzene rings is 7. The summed E-state index contributed by atoms with van der Waals surface area (Å²) >= 11 is 5.72. The molecule has 0 unspecified atom stereocenters. The Kier molecular flexibility index (Phi) is 36.9. The molecule has 0 spiro atoms. The second-order valence-corrected chi connectivity index (χ2v) is 46.6. The summed E-state index contributed by atoms with van der Waals surface area (Å²) in [5.41, 5.74) is 17.8. The topological polar surface area (TPSA) is 419 Å². The predicted molar refractivity (Wildman–Crippen MR) is 567 cm³/mol. The van der Waals surface area contributed by atoms with E-state index >= 15 is 17.6 Å². The highest BCUT2D eigenvalue weighted by Gasteiger charge is 2.33. The molecule has 44 heteroatoms. The third kappa shape index (κ3) is 28.6. The van der Waals surface area contributed by atoms with Crippen LogP contribution in [0.25, 0.3) is 97.6 Å². The van der Waals surface area contributed by atoms with Crippen molar-refractivity contribution in [2.24, 2.45) is 0 Å². The summed E-state index contributed by atoms with van der Waals surface area (Å²) in [4.78, 5) is 39.9. The van der Waals surface area contributed by atoms with Gasteiger partial charge in [-0.2, -0.15) is 50.9 Å². The first-order valence-corrected chi connectivity index (χ1v) is 53.3. The third-order valence-electron chi connectivity index (χ3n) is 21.0. The van der Waals surface area contributed by atoms with Crippen molar-refractivity contribution < 1.29 is 60.7 Å². The fraction of sp³-hybridized carbons (Fsp3) is 0.320. The molecule has 7 aromatic carbocycles. The standard InChI is InChI=1S/C28H32FN7O3S2.C26H36FN7O3S2.C22H27FN4O2S2.C21H25FN4O2S2/c1-6-36(4)41(37,38)35-22-14-10-13-21(24(22)29)25-26(40-27(34-25)20-11-8-7-9-12-20)23-15-16-30-28(33-23)31-17-18(2)32-19(3)39-5;1-9-34(7)39(35,36)33-19-12-10-11-18(21(19)27)22-23(38-24(32-22)26(4,5)6)20-13-14-28-25(31-20)29-15-16(2)30-17(3)37-8;1-6-27(5)31(28,29)26-17-12-8-11-16(18(17)23)19-20(14-9-7-10-15(24)13-14)30-21(25-19)22(2,3)4;1-21(2,3)20-24-18(19(29-20)13-8-6-9-14(23)12-13)15-10-7-11-16(17(15)22)25-30(27,28)26(4)5/h7-16,18,32,35H,3,6,17H2,1-2,4-5H3,(H,30,31,33);10-14,16,30,33H,3,9,15H2,1-2,4-8H3,(H,28,29,31);7-13,26H,6,24H2,1-5H3;6-12,25H,23H2,1-5H3/t18-;16-;;/m00../s1. The molecule has 32 nitrogen and oxygen atoms in total. The second kappa shape index (κ2) is 47.0. The van der Waals surface area contributed by atoms with Crippen LogP contribution in [0, 0.1) is 23.3 Å². The number of hydrogen-bond acceptors (Lipinski definition) is 28. The van der Waals surface area contributed by atoms with Crippen LogP contribution in [0.5, 0.6) is 0 Å².